The third kappa shape index (κ3) is 5.93. The summed E-state index contributed by atoms with van der Waals surface area (Å²) in [4.78, 5) is 12.0. The highest BCUT2D eigenvalue weighted by atomic mass is 32.2. The number of carbonyl (C=O) groups excluding carboxylic acids is 1. The number of nitrogens with zero attached hydrogens (tertiary/aromatic N) is 1. The molecule has 8 heteroatoms. The van der Waals surface area contributed by atoms with Crippen LogP contribution in [0.3, 0.4) is 0 Å². The minimum absolute atomic E-state index is 0.136. The average molecular weight is 347 g/mol. The monoisotopic (exact) mass is 347 g/mol. The zero-order chi connectivity index (χ0) is 16.9. The number of urea groups is 1. The maximum absolute atomic E-state index is 12.0. The molecular formula is C15H29N3O4S. The van der Waals surface area contributed by atoms with E-state index in [9.17, 15) is 13.2 Å². The molecule has 2 fully saturated rings. The molecule has 2 rings (SSSR count). The Kier molecular flexibility index (Phi) is 6.67. The summed E-state index contributed by atoms with van der Waals surface area (Å²) in [7, 11) is -3.09. The van der Waals surface area contributed by atoms with E-state index >= 15 is 0 Å². The smallest absolute Gasteiger partial charge is 0.315 e. The van der Waals surface area contributed by atoms with Crippen LogP contribution in [-0.2, 0) is 10.0 Å². The van der Waals surface area contributed by atoms with E-state index in [1.165, 1.54) is 10.6 Å². The first-order valence-corrected chi connectivity index (χ1v) is 10.3. The normalized spacial score (nSPS) is 27.6. The summed E-state index contributed by atoms with van der Waals surface area (Å²) in [5, 5.41) is 15.0. The molecule has 0 radical (unpaired) electrons. The van der Waals surface area contributed by atoms with E-state index in [4.69, 9.17) is 5.11 Å². The molecule has 23 heavy (non-hydrogen) atoms. The molecule has 0 aromatic heterocycles. The molecule has 0 aromatic carbocycles. The number of amides is 2. The lowest BCUT2D eigenvalue weighted by atomic mass is 9.87. The number of nitrogens with one attached hydrogen (secondary N) is 2. The van der Waals surface area contributed by atoms with Gasteiger partial charge >= 0.3 is 6.03 Å². The SMILES string of the molecule is CS(=O)(=O)N1CCC(CNC(=O)NC2CCC(CO)CC2)CC1. The Bertz CT molecular complexity index is 481. The van der Waals surface area contributed by atoms with Crippen LogP contribution in [0.25, 0.3) is 0 Å². The van der Waals surface area contributed by atoms with Gasteiger partial charge in [-0.05, 0) is 50.4 Å². The summed E-state index contributed by atoms with van der Waals surface area (Å²) < 4.78 is 24.4. The van der Waals surface area contributed by atoms with Gasteiger partial charge in [0.15, 0.2) is 0 Å². The highest BCUT2D eigenvalue weighted by molar-refractivity contribution is 7.88. The first-order chi connectivity index (χ1) is 10.9. The molecule has 0 spiro atoms. The Labute approximate surface area is 138 Å². The molecule has 2 aliphatic rings. The van der Waals surface area contributed by atoms with Crippen LogP contribution in [0, 0.1) is 11.8 Å². The fourth-order valence-corrected chi connectivity index (χ4v) is 4.28. The van der Waals surface area contributed by atoms with Gasteiger partial charge in [-0.25, -0.2) is 17.5 Å². The summed E-state index contributed by atoms with van der Waals surface area (Å²) in [6.45, 7) is 1.91. The van der Waals surface area contributed by atoms with E-state index in [-0.39, 0.29) is 18.7 Å². The van der Waals surface area contributed by atoms with Crippen molar-refractivity contribution in [2.75, 3.05) is 32.5 Å². The third-order valence-electron chi connectivity index (χ3n) is 5.03. The molecule has 0 aromatic rings. The zero-order valence-corrected chi connectivity index (χ0v) is 14.6. The number of hydrogen-bond acceptors (Lipinski definition) is 4. The molecular weight excluding hydrogens is 318 g/mol. The molecule has 0 unspecified atom stereocenters. The second-order valence-electron chi connectivity index (χ2n) is 6.86. The molecule has 0 atom stereocenters. The Morgan fingerprint density at radius 1 is 1.09 bits per heavy atom. The van der Waals surface area contributed by atoms with Crippen LogP contribution < -0.4 is 10.6 Å². The van der Waals surface area contributed by atoms with Crippen LogP contribution in [0.15, 0.2) is 0 Å². The molecule has 1 heterocycles. The van der Waals surface area contributed by atoms with Gasteiger partial charge in [-0.15, -0.1) is 0 Å². The molecule has 1 aliphatic carbocycles. The van der Waals surface area contributed by atoms with E-state index in [1.54, 1.807) is 0 Å². The van der Waals surface area contributed by atoms with Gasteiger partial charge in [-0.2, -0.15) is 0 Å². The Balaban J connectivity index is 1.62. The molecule has 2 amide bonds. The second kappa shape index (κ2) is 8.30. The first-order valence-electron chi connectivity index (χ1n) is 8.49. The number of aliphatic hydroxyl groups excluding tert-OH is 1. The first kappa shape index (κ1) is 18.5. The van der Waals surface area contributed by atoms with E-state index in [0.29, 0.717) is 31.5 Å². The summed E-state index contributed by atoms with van der Waals surface area (Å²) in [5.74, 6) is 0.722. The molecule has 0 bridgehead atoms. The number of piperidine rings is 1. The van der Waals surface area contributed by atoms with Crippen molar-refractivity contribution >= 4 is 16.1 Å². The molecule has 3 N–H and O–H groups in total. The lowest BCUT2D eigenvalue weighted by Gasteiger charge is -2.31. The molecule has 1 saturated carbocycles. The Morgan fingerprint density at radius 2 is 1.70 bits per heavy atom. The van der Waals surface area contributed by atoms with Gasteiger partial charge in [0, 0.05) is 32.3 Å². The zero-order valence-electron chi connectivity index (χ0n) is 13.8. The van der Waals surface area contributed by atoms with Crippen molar-refractivity contribution in [1.29, 1.82) is 0 Å². The number of carbonyl (C=O) groups is 1. The standard InChI is InChI=1S/C15H29N3O4S/c1-23(21,22)18-8-6-12(7-9-18)10-16-15(20)17-14-4-2-13(11-19)3-5-14/h12-14,19H,2-11H2,1H3,(H2,16,17,20). The fraction of sp³-hybridized carbons (Fsp3) is 0.933. The number of rotatable bonds is 5. The molecule has 7 nitrogen and oxygen atoms in total. The van der Waals surface area contributed by atoms with Gasteiger partial charge in [0.2, 0.25) is 10.0 Å². The van der Waals surface area contributed by atoms with Crippen molar-refractivity contribution in [1.82, 2.24) is 14.9 Å². The largest absolute Gasteiger partial charge is 0.396 e. The van der Waals surface area contributed by atoms with Gasteiger partial charge in [0.1, 0.15) is 0 Å². The third-order valence-corrected chi connectivity index (χ3v) is 6.34. The van der Waals surface area contributed by atoms with Crippen LogP contribution in [0.2, 0.25) is 0 Å². The molecule has 1 saturated heterocycles. The summed E-state index contributed by atoms with van der Waals surface area (Å²) in [5.41, 5.74) is 0. The van der Waals surface area contributed by atoms with Crippen LogP contribution >= 0.6 is 0 Å². The van der Waals surface area contributed by atoms with Gasteiger partial charge in [-0.1, -0.05) is 0 Å². The average Bonchev–Trinajstić information content (AvgIpc) is 2.53. The highest BCUT2D eigenvalue weighted by Gasteiger charge is 2.26. The van der Waals surface area contributed by atoms with Crippen LogP contribution in [0.5, 0.6) is 0 Å². The van der Waals surface area contributed by atoms with Gasteiger partial charge in [0.25, 0.3) is 0 Å². The fourth-order valence-electron chi connectivity index (χ4n) is 3.41. The predicted octanol–water partition coefficient (Wildman–Crippen LogP) is 0.508. The summed E-state index contributed by atoms with van der Waals surface area (Å²) in [6.07, 6.45) is 6.59. The minimum Gasteiger partial charge on any atom is -0.396 e. The van der Waals surface area contributed by atoms with Crippen LogP contribution in [0.4, 0.5) is 4.79 Å². The Hall–Kier alpha value is -0.860. The highest BCUT2D eigenvalue weighted by Crippen LogP contribution is 2.23. The van der Waals surface area contributed by atoms with Crippen LogP contribution in [0.1, 0.15) is 38.5 Å². The van der Waals surface area contributed by atoms with E-state index < -0.39 is 10.0 Å². The number of aliphatic hydroxyl groups is 1. The van der Waals surface area contributed by atoms with E-state index in [2.05, 4.69) is 10.6 Å². The second-order valence-corrected chi connectivity index (χ2v) is 8.84. The van der Waals surface area contributed by atoms with Crippen molar-refractivity contribution in [2.24, 2.45) is 11.8 Å². The number of sulfonamides is 1. The lowest BCUT2D eigenvalue weighted by molar-refractivity contribution is 0.174. The quantitative estimate of drug-likeness (QED) is 0.675. The van der Waals surface area contributed by atoms with Crippen LogP contribution in [-0.4, -0.2) is 62.4 Å². The van der Waals surface area contributed by atoms with Gasteiger partial charge in [-0.3, -0.25) is 0 Å². The topological polar surface area (TPSA) is 98.7 Å². The summed E-state index contributed by atoms with van der Waals surface area (Å²) >= 11 is 0. The maximum atomic E-state index is 12.0. The number of hydrogen-bond donors (Lipinski definition) is 3. The van der Waals surface area contributed by atoms with Gasteiger partial charge in [0.05, 0.1) is 6.26 Å². The van der Waals surface area contributed by atoms with E-state index in [0.717, 1.165) is 38.5 Å². The van der Waals surface area contributed by atoms with Crippen molar-refractivity contribution in [3.63, 3.8) is 0 Å². The molecule has 1 aliphatic heterocycles. The van der Waals surface area contributed by atoms with Crippen molar-refractivity contribution in [2.45, 2.75) is 44.6 Å². The van der Waals surface area contributed by atoms with Crippen molar-refractivity contribution in [3.05, 3.63) is 0 Å². The van der Waals surface area contributed by atoms with E-state index in [1.807, 2.05) is 0 Å². The minimum atomic E-state index is -3.09. The van der Waals surface area contributed by atoms with Gasteiger partial charge < -0.3 is 15.7 Å². The lowest BCUT2D eigenvalue weighted by Crippen LogP contribution is -2.46. The predicted molar refractivity (Wildman–Crippen MR) is 88.5 cm³/mol. The molecule has 134 valence electrons. The summed E-state index contributed by atoms with van der Waals surface area (Å²) in [6, 6.07) is 0.0628. The Morgan fingerprint density at radius 3 is 2.22 bits per heavy atom. The van der Waals surface area contributed by atoms with Crippen molar-refractivity contribution < 1.29 is 18.3 Å². The van der Waals surface area contributed by atoms with Crippen molar-refractivity contribution in [3.8, 4) is 0 Å². The maximum Gasteiger partial charge on any atom is 0.315 e.